The fourth-order valence-electron chi connectivity index (χ4n) is 0.840. The first-order chi connectivity index (χ1) is 6.22. The zero-order valence-electron chi connectivity index (χ0n) is 8.71. The molecule has 0 aliphatic rings. The fraction of sp³-hybridized carbons (Fsp3) is 0.889. The Morgan fingerprint density at radius 3 is 2.54 bits per heavy atom. The third-order valence-corrected chi connectivity index (χ3v) is 1.73. The van der Waals surface area contributed by atoms with Crippen molar-refractivity contribution in [3.05, 3.63) is 0 Å². The maximum Gasteiger partial charge on any atom is 0.222 e. The van der Waals surface area contributed by atoms with Gasteiger partial charge in [0.05, 0.1) is 19.8 Å². The van der Waals surface area contributed by atoms with E-state index in [4.69, 9.17) is 9.47 Å². The average molecular weight is 189 g/mol. The molecule has 0 rings (SSSR count). The van der Waals surface area contributed by atoms with Gasteiger partial charge in [-0.15, -0.1) is 0 Å². The summed E-state index contributed by atoms with van der Waals surface area (Å²) in [5, 5.41) is 0. The van der Waals surface area contributed by atoms with Gasteiger partial charge >= 0.3 is 0 Å². The predicted molar refractivity (Wildman–Crippen MR) is 50.6 cm³/mol. The van der Waals surface area contributed by atoms with E-state index in [-0.39, 0.29) is 5.91 Å². The van der Waals surface area contributed by atoms with Crippen LogP contribution < -0.4 is 0 Å². The fourth-order valence-corrected chi connectivity index (χ4v) is 0.840. The monoisotopic (exact) mass is 189 g/mol. The molecule has 0 atom stereocenters. The van der Waals surface area contributed by atoms with Gasteiger partial charge in [0.2, 0.25) is 5.91 Å². The second-order valence-electron chi connectivity index (χ2n) is 2.77. The van der Waals surface area contributed by atoms with E-state index in [0.29, 0.717) is 32.8 Å². The Labute approximate surface area is 79.8 Å². The van der Waals surface area contributed by atoms with Crippen LogP contribution in [-0.4, -0.2) is 51.3 Å². The Morgan fingerprint density at radius 2 is 2.00 bits per heavy atom. The molecule has 0 saturated carbocycles. The summed E-state index contributed by atoms with van der Waals surface area (Å²) in [5.41, 5.74) is 0. The normalized spacial score (nSPS) is 10.1. The molecule has 4 heteroatoms. The summed E-state index contributed by atoms with van der Waals surface area (Å²) in [4.78, 5) is 12.8. The summed E-state index contributed by atoms with van der Waals surface area (Å²) in [6, 6.07) is 0. The molecule has 13 heavy (non-hydrogen) atoms. The van der Waals surface area contributed by atoms with Gasteiger partial charge in [-0.2, -0.15) is 0 Å². The van der Waals surface area contributed by atoms with Crippen LogP contribution in [0.1, 0.15) is 13.3 Å². The number of ether oxygens (including phenoxy) is 2. The Hall–Kier alpha value is -0.610. The topological polar surface area (TPSA) is 38.8 Å². The van der Waals surface area contributed by atoms with E-state index in [1.54, 1.807) is 19.1 Å². The van der Waals surface area contributed by atoms with E-state index >= 15 is 0 Å². The molecule has 0 aliphatic carbocycles. The van der Waals surface area contributed by atoms with Crippen LogP contribution in [0.4, 0.5) is 0 Å². The Kier molecular flexibility index (Phi) is 7.63. The molecule has 0 N–H and O–H groups in total. The number of methoxy groups -OCH3 is 1. The van der Waals surface area contributed by atoms with Crippen molar-refractivity contribution in [3.63, 3.8) is 0 Å². The molecule has 0 saturated heterocycles. The van der Waals surface area contributed by atoms with Gasteiger partial charge in [-0.05, 0) is 0 Å². The molecule has 0 aromatic heterocycles. The quantitative estimate of drug-likeness (QED) is 0.548. The molecule has 0 radical (unpaired) electrons. The maximum atomic E-state index is 11.1. The zero-order valence-corrected chi connectivity index (χ0v) is 8.71. The molecule has 0 fully saturated rings. The highest BCUT2D eigenvalue weighted by Gasteiger charge is 2.03. The van der Waals surface area contributed by atoms with Gasteiger partial charge < -0.3 is 14.4 Å². The Bertz CT molecular complexity index is 139. The predicted octanol–water partition coefficient (Wildman–Crippen LogP) is 0.518. The Morgan fingerprint density at radius 1 is 1.31 bits per heavy atom. The van der Waals surface area contributed by atoms with Gasteiger partial charge in [0, 0.05) is 27.1 Å². The molecular weight excluding hydrogens is 170 g/mol. The number of nitrogens with zero attached hydrogens (tertiary/aromatic N) is 1. The standard InChI is InChI=1S/C9H19NO3/c1-4-9(11)10(2)5-6-13-8-7-12-3/h4-8H2,1-3H3. The van der Waals surface area contributed by atoms with Gasteiger partial charge in [-0.1, -0.05) is 6.92 Å². The molecule has 78 valence electrons. The number of carbonyl (C=O) groups excluding carboxylic acids is 1. The highest BCUT2D eigenvalue weighted by Crippen LogP contribution is 1.89. The minimum Gasteiger partial charge on any atom is -0.382 e. The van der Waals surface area contributed by atoms with Crippen molar-refractivity contribution >= 4 is 5.91 Å². The van der Waals surface area contributed by atoms with E-state index in [0.717, 1.165) is 0 Å². The lowest BCUT2D eigenvalue weighted by Gasteiger charge is -2.15. The maximum absolute atomic E-state index is 11.1. The number of likely N-dealkylation sites (N-methyl/N-ethyl adjacent to an activating group) is 1. The molecule has 4 nitrogen and oxygen atoms in total. The van der Waals surface area contributed by atoms with Crippen LogP contribution in [0.3, 0.4) is 0 Å². The SMILES string of the molecule is CCC(=O)N(C)CCOCCOC. The van der Waals surface area contributed by atoms with Gasteiger partial charge in [-0.3, -0.25) is 4.79 Å². The molecule has 1 amide bonds. The zero-order chi connectivity index (χ0) is 10.1. The average Bonchev–Trinajstić information content (AvgIpc) is 2.16. The van der Waals surface area contributed by atoms with Crippen LogP contribution in [0, 0.1) is 0 Å². The van der Waals surface area contributed by atoms with Gasteiger partial charge in [0.25, 0.3) is 0 Å². The van der Waals surface area contributed by atoms with E-state index in [1.165, 1.54) is 0 Å². The van der Waals surface area contributed by atoms with Crippen LogP contribution in [0.15, 0.2) is 0 Å². The highest BCUT2D eigenvalue weighted by molar-refractivity contribution is 5.75. The van der Waals surface area contributed by atoms with Crippen LogP contribution in [0.25, 0.3) is 0 Å². The summed E-state index contributed by atoms with van der Waals surface area (Å²) in [7, 11) is 3.42. The summed E-state index contributed by atoms with van der Waals surface area (Å²) in [6.07, 6.45) is 0.550. The van der Waals surface area contributed by atoms with Gasteiger partial charge in [0.15, 0.2) is 0 Å². The van der Waals surface area contributed by atoms with Gasteiger partial charge in [-0.25, -0.2) is 0 Å². The van der Waals surface area contributed by atoms with Crippen molar-refractivity contribution in [3.8, 4) is 0 Å². The van der Waals surface area contributed by atoms with Crippen LogP contribution >= 0.6 is 0 Å². The van der Waals surface area contributed by atoms with E-state index in [9.17, 15) is 4.79 Å². The lowest BCUT2D eigenvalue weighted by Crippen LogP contribution is -2.29. The largest absolute Gasteiger partial charge is 0.382 e. The van der Waals surface area contributed by atoms with Gasteiger partial charge in [0.1, 0.15) is 0 Å². The Balaban J connectivity index is 3.26. The summed E-state index contributed by atoms with van der Waals surface area (Å²) >= 11 is 0. The number of amides is 1. The smallest absolute Gasteiger partial charge is 0.222 e. The lowest BCUT2D eigenvalue weighted by molar-refractivity contribution is -0.130. The first-order valence-corrected chi connectivity index (χ1v) is 4.53. The van der Waals surface area contributed by atoms with Crippen molar-refractivity contribution in [2.24, 2.45) is 0 Å². The number of hydrogen-bond acceptors (Lipinski definition) is 3. The van der Waals surface area contributed by atoms with E-state index < -0.39 is 0 Å². The van der Waals surface area contributed by atoms with Crippen molar-refractivity contribution in [1.29, 1.82) is 0 Å². The molecule has 0 aromatic rings. The number of rotatable bonds is 7. The molecule has 0 unspecified atom stereocenters. The van der Waals surface area contributed by atoms with E-state index in [1.807, 2.05) is 6.92 Å². The summed E-state index contributed by atoms with van der Waals surface area (Å²) in [6.45, 7) is 4.27. The number of hydrogen-bond donors (Lipinski definition) is 0. The second-order valence-corrected chi connectivity index (χ2v) is 2.77. The van der Waals surface area contributed by atoms with Crippen molar-refractivity contribution < 1.29 is 14.3 Å². The van der Waals surface area contributed by atoms with Crippen molar-refractivity contribution in [1.82, 2.24) is 4.90 Å². The third kappa shape index (κ3) is 6.54. The molecule has 0 heterocycles. The third-order valence-electron chi connectivity index (χ3n) is 1.73. The van der Waals surface area contributed by atoms with Crippen LogP contribution in [-0.2, 0) is 14.3 Å². The first-order valence-electron chi connectivity index (χ1n) is 4.53. The highest BCUT2D eigenvalue weighted by atomic mass is 16.5. The summed E-state index contributed by atoms with van der Waals surface area (Å²) < 4.78 is 10.0. The number of carbonyl (C=O) groups is 1. The molecule has 0 aliphatic heterocycles. The van der Waals surface area contributed by atoms with E-state index in [2.05, 4.69) is 0 Å². The minimum absolute atomic E-state index is 0.148. The molecule has 0 aromatic carbocycles. The van der Waals surface area contributed by atoms with Crippen molar-refractivity contribution in [2.75, 3.05) is 40.5 Å². The molecular formula is C9H19NO3. The van der Waals surface area contributed by atoms with Crippen LogP contribution in [0.5, 0.6) is 0 Å². The first kappa shape index (κ1) is 12.4. The second kappa shape index (κ2) is 8.01. The minimum atomic E-state index is 0.148. The molecule has 0 spiro atoms. The molecule has 0 bridgehead atoms. The van der Waals surface area contributed by atoms with Crippen molar-refractivity contribution in [2.45, 2.75) is 13.3 Å². The lowest BCUT2D eigenvalue weighted by atomic mass is 10.4. The van der Waals surface area contributed by atoms with Crippen LogP contribution in [0.2, 0.25) is 0 Å². The summed E-state index contributed by atoms with van der Waals surface area (Å²) in [5.74, 6) is 0.148.